The van der Waals surface area contributed by atoms with Crippen LogP contribution in [0.2, 0.25) is 0 Å². The molecule has 6 nitrogen and oxygen atoms in total. The summed E-state index contributed by atoms with van der Waals surface area (Å²) < 4.78 is 66.5. The summed E-state index contributed by atoms with van der Waals surface area (Å²) in [7, 11) is -7.61. The highest BCUT2D eigenvalue weighted by Gasteiger charge is 2.37. The lowest BCUT2D eigenvalue weighted by Gasteiger charge is -2.25. The van der Waals surface area contributed by atoms with Crippen molar-refractivity contribution in [1.29, 1.82) is 0 Å². The molecule has 0 bridgehead atoms. The van der Waals surface area contributed by atoms with Gasteiger partial charge in [0.1, 0.15) is 5.82 Å². The topological polar surface area (TPSA) is 83.6 Å². The maximum absolute atomic E-state index is 13.7. The van der Waals surface area contributed by atoms with Gasteiger partial charge >= 0.3 is 0 Å². The second-order valence-electron chi connectivity index (χ2n) is 5.87. The summed E-state index contributed by atoms with van der Waals surface area (Å²) in [5.74, 6) is -0.668. The van der Waals surface area contributed by atoms with E-state index in [0.29, 0.717) is 12.8 Å². The predicted molar refractivity (Wildman–Crippen MR) is 94.0 cm³/mol. The van der Waals surface area contributed by atoms with Gasteiger partial charge in [0.2, 0.25) is 10.0 Å². The number of nitrogens with one attached hydrogen (secondary N) is 1. The van der Waals surface area contributed by atoms with E-state index in [9.17, 15) is 21.2 Å². The number of hydrogen-bond donors (Lipinski definition) is 1. The van der Waals surface area contributed by atoms with Gasteiger partial charge in [-0.2, -0.15) is 0 Å². The van der Waals surface area contributed by atoms with E-state index in [1.165, 1.54) is 18.2 Å². The average molecular weight is 384 g/mol. The van der Waals surface area contributed by atoms with Crippen molar-refractivity contribution in [3.8, 4) is 0 Å². The number of nitrogens with zero attached hydrogens (tertiary/aromatic N) is 1. The van der Waals surface area contributed by atoms with Gasteiger partial charge < -0.3 is 0 Å². The van der Waals surface area contributed by atoms with E-state index in [2.05, 4.69) is 4.72 Å². The first-order valence-corrected chi connectivity index (χ1v) is 10.9. The Bertz CT molecular complexity index is 988. The Kier molecular flexibility index (Phi) is 4.46. The number of anilines is 2. The fourth-order valence-electron chi connectivity index (χ4n) is 2.54. The summed E-state index contributed by atoms with van der Waals surface area (Å²) in [5, 5.41) is 0. The molecule has 25 heavy (non-hydrogen) atoms. The Labute approximate surface area is 146 Å². The Morgan fingerprint density at radius 2 is 1.68 bits per heavy atom. The lowest BCUT2D eigenvalue weighted by molar-refractivity contribution is 0.594. The molecule has 1 aliphatic rings. The largest absolute Gasteiger partial charge is 0.277 e. The van der Waals surface area contributed by atoms with Crippen molar-refractivity contribution in [3.05, 3.63) is 54.3 Å². The molecule has 0 spiro atoms. The van der Waals surface area contributed by atoms with E-state index in [0.717, 1.165) is 22.7 Å². The van der Waals surface area contributed by atoms with Gasteiger partial charge in [-0.05, 0) is 37.1 Å². The van der Waals surface area contributed by atoms with Crippen molar-refractivity contribution in [2.45, 2.75) is 23.8 Å². The molecule has 134 valence electrons. The van der Waals surface area contributed by atoms with Gasteiger partial charge in [0.25, 0.3) is 10.0 Å². The van der Waals surface area contributed by atoms with E-state index in [4.69, 9.17) is 0 Å². The third kappa shape index (κ3) is 3.93. The van der Waals surface area contributed by atoms with Crippen LogP contribution in [0, 0.1) is 5.82 Å². The Hall–Kier alpha value is -2.13. The Morgan fingerprint density at radius 1 is 1.04 bits per heavy atom. The van der Waals surface area contributed by atoms with Crippen LogP contribution in [0.5, 0.6) is 0 Å². The molecule has 0 heterocycles. The summed E-state index contributed by atoms with van der Waals surface area (Å²) in [4.78, 5) is 0.00235. The smallest absolute Gasteiger partial charge is 0.261 e. The van der Waals surface area contributed by atoms with Crippen molar-refractivity contribution in [1.82, 2.24) is 0 Å². The molecule has 1 aliphatic carbocycles. The zero-order valence-corrected chi connectivity index (χ0v) is 15.0. The molecule has 0 amide bonds. The summed E-state index contributed by atoms with van der Waals surface area (Å²) in [6.45, 7) is 0. The minimum Gasteiger partial charge on any atom is -0.277 e. The summed E-state index contributed by atoms with van der Waals surface area (Å²) >= 11 is 0. The molecule has 1 N–H and O–H groups in total. The minimum atomic E-state index is -3.98. The van der Waals surface area contributed by atoms with E-state index in [1.54, 1.807) is 18.2 Å². The van der Waals surface area contributed by atoms with Gasteiger partial charge in [-0.1, -0.05) is 18.2 Å². The zero-order chi connectivity index (χ0) is 18.2. The van der Waals surface area contributed by atoms with Crippen molar-refractivity contribution in [2.24, 2.45) is 0 Å². The van der Waals surface area contributed by atoms with Gasteiger partial charge in [-0.15, -0.1) is 0 Å². The highest BCUT2D eigenvalue weighted by atomic mass is 32.2. The fourth-order valence-corrected chi connectivity index (χ4v) is 4.90. The van der Waals surface area contributed by atoms with Crippen molar-refractivity contribution in [2.75, 3.05) is 15.3 Å². The maximum atomic E-state index is 13.7. The highest BCUT2D eigenvalue weighted by Crippen LogP contribution is 2.38. The average Bonchev–Trinajstić information content (AvgIpc) is 3.34. The molecule has 2 aromatic rings. The van der Waals surface area contributed by atoms with Gasteiger partial charge in [-0.25, -0.2) is 21.2 Å². The third-order valence-corrected chi connectivity index (χ3v) is 6.32. The second-order valence-corrected chi connectivity index (χ2v) is 9.41. The summed E-state index contributed by atoms with van der Waals surface area (Å²) in [6.07, 6.45) is 2.40. The third-order valence-electron chi connectivity index (χ3n) is 3.73. The van der Waals surface area contributed by atoms with Gasteiger partial charge in [0.05, 0.1) is 22.5 Å². The molecule has 0 radical (unpaired) electrons. The van der Waals surface area contributed by atoms with Crippen molar-refractivity contribution < 1.29 is 21.2 Å². The van der Waals surface area contributed by atoms with Gasteiger partial charge in [-0.3, -0.25) is 9.03 Å². The first-order chi connectivity index (χ1) is 11.7. The van der Waals surface area contributed by atoms with Crippen molar-refractivity contribution in [3.63, 3.8) is 0 Å². The van der Waals surface area contributed by atoms with Crippen LogP contribution in [-0.2, 0) is 20.0 Å². The SMILES string of the molecule is CS(=O)(=O)N(c1ccc(F)cc1NS(=O)(=O)c1ccccc1)C1CC1. The standard InChI is InChI=1S/C16H17FN2O4S2/c1-24(20,21)19(13-8-9-13)16-10-7-12(17)11-15(16)18-25(22,23)14-5-3-2-4-6-14/h2-7,10-11,13,18H,8-9H2,1H3. The Morgan fingerprint density at radius 3 is 2.24 bits per heavy atom. The van der Waals surface area contributed by atoms with Crippen LogP contribution in [-0.4, -0.2) is 29.1 Å². The maximum Gasteiger partial charge on any atom is 0.261 e. The molecule has 3 rings (SSSR count). The molecule has 0 unspecified atom stereocenters. The lowest BCUT2D eigenvalue weighted by Crippen LogP contribution is -2.33. The number of rotatable bonds is 6. The van der Waals surface area contributed by atoms with Gasteiger partial charge in [0, 0.05) is 12.1 Å². The molecule has 0 saturated heterocycles. The minimum absolute atomic E-state index is 0.00235. The molecule has 9 heteroatoms. The van der Waals surface area contributed by atoms with E-state index in [1.807, 2.05) is 0 Å². The van der Waals surface area contributed by atoms with Crippen LogP contribution in [0.15, 0.2) is 53.4 Å². The van der Waals surface area contributed by atoms with E-state index < -0.39 is 25.9 Å². The highest BCUT2D eigenvalue weighted by molar-refractivity contribution is 7.93. The van der Waals surface area contributed by atoms with Gasteiger partial charge in [0.15, 0.2) is 0 Å². The second kappa shape index (κ2) is 6.30. The molecule has 0 aliphatic heterocycles. The summed E-state index contributed by atoms with van der Waals surface area (Å²) in [6, 6.07) is 10.7. The lowest BCUT2D eigenvalue weighted by atomic mass is 10.2. The number of sulfonamides is 2. The summed E-state index contributed by atoms with van der Waals surface area (Å²) in [5.41, 5.74) is 0.00656. The van der Waals surface area contributed by atoms with Crippen LogP contribution < -0.4 is 9.03 Å². The van der Waals surface area contributed by atoms with Crippen LogP contribution in [0.3, 0.4) is 0 Å². The van der Waals surface area contributed by atoms with Crippen LogP contribution in [0.25, 0.3) is 0 Å². The first kappa shape index (κ1) is 17.7. The molecule has 1 fully saturated rings. The normalized spacial score (nSPS) is 15.0. The predicted octanol–water partition coefficient (Wildman–Crippen LogP) is 2.55. The van der Waals surface area contributed by atoms with Crippen molar-refractivity contribution >= 4 is 31.4 Å². The van der Waals surface area contributed by atoms with E-state index >= 15 is 0 Å². The quantitative estimate of drug-likeness (QED) is 0.830. The molecule has 2 aromatic carbocycles. The molecular weight excluding hydrogens is 367 g/mol. The molecule has 1 saturated carbocycles. The fraction of sp³-hybridized carbons (Fsp3) is 0.250. The number of halogens is 1. The molecule has 0 aromatic heterocycles. The Balaban J connectivity index is 2.06. The molecule has 0 atom stereocenters. The monoisotopic (exact) mass is 384 g/mol. The number of benzene rings is 2. The molecular formula is C16H17FN2O4S2. The van der Waals surface area contributed by atoms with Crippen LogP contribution in [0.4, 0.5) is 15.8 Å². The zero-order valence-electron chi connectivity index (χ0n) is 13.4. The first-order valence-electron chi connectivity index (χ1n) is 7.55. The van der Waals surface area contributed by atoms with Crippen LogP contribution in [0.1, 0.15) is 12.8 Å². The number of hydrogen-bond acceptors (Lipinski definition) is 4. The van der Waals surface area contributed by atoms with Crippen LogP contribution >= 0.6 is 0 Å². The van der Waals surface area contributed by atoms with E-state index in [-0.39, 0.29) is 22.3 Å².